The summed E-state index contributed by atoms with van der Waals surface area (Å²) in [4.78, 5) is 0. The van der Waals surface area contributed by atoms with Crippen LogP contribution in [0.4, 0.5) is 0 Å². The highest BCUT2D eigenvalue weighted by molar-refractivity contribution is 5.32. The maximum Gasteiger partial charge on any atom is 0.123 e. The zero-order chi connectivity index (χ0) is 16.8. The van der Waals surface area contributed by atoms with Gasteiger partial charge in [-0.05, 0) is 18.6 Å². The predicted octanol–water partition coefficient (Wildman–Crippen LogP) is 3.94. The van der Waals surface area contributed by atoms with Gasteiger partial charge >= 0.3 is 0 Å². The van der Waals surface area contributed by atoms with E-state index in [9.17, 15) is 5.11 Å². The molecular weight excluding hydrogens is 292 g/mol. The highest BCUT2D eigenvalue weighted by atomic mass is 16.5. The van der Waals surface area contributed by atoms with E-state index in [0.717, 1.165) is 18.8 Å². The monoisotopic (exact) mass is 324 g/mol. The van der Waals surface area contributed by atoms with Crippen LogP contribution in [0.1, 0.15) is 58.3 Å². The van der Waals surface area contributed by atoms with Crippen molar-refractivity contribution in [2.75, 3.05) is 19.8 Å². The minimum atomic E-state index is -0.850. The van der Waals surface area contributed by atoms with Gasteiger partial charge < -0.3 is 19.7 Å². The standard InChI is InChI=1S/C19H32O4/c1-2-3-4-5-6-7-8-9-13-22-18-11-10-12-19(14-18)23-16-17(21)15-20/h10-12,14,17,20-21H,2-9,13,15-16H2,1H3/t17-/m1/s1. The van der Waals surface area contributed by atoms with Crippen molar-refractivity contribution in [3.63, 3.8) is 0 Å². The summed E-state index contributed by atoms with van der Waals surface area (Å²) in [5.41, 5.74) is 0. The zero-order valence-electron chi connectivity index (χ0n) is 14.4. The average Bonchev–Trinajstić information content (AvgIpc) is 2.58. The van der Waals surface area contributed by atoms with E-state index < -0.39 is 6.10 Å². The van der Waals surface area contributed by atoms with Crippen molar-refractivity contribution >= 4 is 0 Å². The van der Waals surface area contributed by atoms with Crippen LogP contribution in [0.2, 0.25) is 0 Å². The smallest absolute Gasteiger partial charge is 0.123 e. The molecule has 0 aliphatic heterocycles. The molecule has 0 bridgehead atoms. The molecule has 4 heteroatoms. The van der Waals surface area contributed by atoms with Crippen LogP contribution in [-0.4, -0.2) is 36.1 Å². The van der Waals surface area contributed by atoms with Crippen molar-refractivity contribution in [1.29, 1.82) is 0 Å². The van der Waals surface area contributed by atoms with E-state index in [-0.39, 0.29) is 13.2 Å². The normalized spacial score (nSPS) is 12.1. The molecule has 0 fully saturated rings. The van der Waals surface area contributed by atoms with Crippen LogP contribution in [0.5, 0.6) is 11.5 Å². The molecule has 132 valence electrons. The second-order valence-corrected chi connectivity index (χ2v) is 5.95. The van der Waals surface area contributed by atoms with Gasteiger partial charge in [-0.1, -0.05) is 57.9 Å². The molecule has 0 amide bonds. The summed E-state index contributed by atoms with van der Waals surface area (Å²) in [6.07, 6.45) is 9.43. The Bertz CT molecular complexity index is 395. The minimum absolute atomic E-state index is 0.0813. The molecule has 23 heavy (non-hydrogen) atoms. The summed E-state index contributed by atoms with van der Waals surface area (Å²) < 4.78 is 11.1. The lowest BCUT2D eigenvalue weighted by atomic mass is 10.1. The number of unbranched alkanes of at least 4 members (excludes halogenated alkanes) is 7. The SMILES string of the molecule is CCCCCCCCCCOc1cccc(OC[C@H](O)CO)c1. The number of benzene rings is 1. The van der Waals surface area contributed by atoms with Crippen LogP contribution in [0.3, 0.4) is 0 Å². The van der Waals surface area contributed by atoms with Crippen LogP contribution in [-0.2, 0) is 0 Å². The van der Waals surface area contributed by atoms with Gasteiger partial charge in [0.2, 0.25) is 0 Å². The summed E-state index contributed by atoms with van der Waals surface area (Å²) in [6, 6.07) is 7.39. The predicted molar refractivity (Wildman–Crippen MR) is 93.1 cm³/mol. The van der Waals surface area contributed by atoms with E-state index in [2.05, 4.69) is 6.92 Å². The highest BCUT2D eigenvalue weighted by Gasteiger charge is 2.04. The lowest BCUT2D eigenvalue weighted by Crippen LogP contribution is -2.21. The molecule has 1 aromatic carbocycles. The molecule has 0 aromatic heterocycles. The molecule has 1 rings (SSSR count). The number of hydrogen-bond donors (Lipinski definition) is 2. The largest absolute Gasteiger partial charge is 0.493 e. The van der Waals surface area contributed by atoms with E-state index >= 15 is 0 Å². The number of aliphatic hydroxyl groups excluding tert-OH is 2. The van der Waals surface area contributed by atoms with Crippen LogP contribution in [0, 0.1) is 0 Å². The van der Waals surface area contributed by atoms with Crippen molar-refractivity contribution in [1.82, 2.24) is 0 Å². The topological polar surface area (TPSA) is 58.9 Å². The molecule has 4 nitrogen and oxygen atoms in total. The lowest BCUT2D eigenvalue weighted by Gasteiger charge is -2.11. The van der Waals surface area contributed by atoms with E-state index in [1.807, 2.05) is 24.3 Å². The third-order valence-corrected chi connectivity index (χ3v) is 3.73. The van der Waals surface area contributed by atoms with E-state index in [1.54, 1.807) is 0 Å². The van der Waals surface area contributed by atoms with Crippen molar-refractivity contribution in [3.05, 3.63) is 24.3 Å². The fraction of sp³-hybridized carbons (Fsp3) is 0.684. The molecule has 0 radical (unpaired) electrons. The minimum Gasteiger partial charge on any atom is -0.493 e. The molecule has 0 saturated heterocycles. The van der Waals surface area contributed by atoms with Crippen LogP contribution < -0.4 is 9.47 Å². The first-order valence-electron chi connectivity index (χ1n) is 8.90. The Labute approximate surface area is 140 Å². The Morgan fingerprint density at radius 2 is 1.52 bits per heavy atom. The number of ether oxygens (including phenoxy) is 2. The molecule has 2 N–H and O–H groups in total. The van der Waals surface area contributed by atoms with Gasteiger partial charge in [0.05, 0.1) is 13.2 Å². The van der Waals surface area contributed by atoms with Crippen molar-refractivity contribution in [2.45, 2.75) is 64.4 Å². The maximum absolute atomic E-state index is 9.27. The molecule has 0 saturated carbocycles. The average molecular weight is 324 g/mol. The van der Waals surface area contributed by atoms with Gasteiger partial charge in [0.15, 0.2) is 0 Å². The van der Waals surface area contributed by atoms with E-state index in [1.165, 1.54) is 44.9 Å². The fourth-order valence-electron chi connectivity index (χ4n) is 2.32. The Kier molecular flexibility index (Phi) is 11.4. The molecule has 0 aliphatic carbocycles. The molecule has 0 spiro atoms. The summed E-state index contributed by atoms with van der Waals surface area (Å²) in [7, 11) is 0. The van der Waals surface area contributed by atoms with Gasteiger partial charge in [-0.2, -0.15) is 0 Å². The Morgan fingerprint density at radius 1 is 0.913 bits per heavy atom. The molecule has 1 atom stereocenters. The Hall–Kier alpha value is -1.26. The summed E-state index contributed by atoms with van der Waals surface area (Å²) in [5, 5.41) is 18.0. The number of hydrogen-bond acceptors (Lipinski definition) is 4. The van der Waals surface area contributed by atoms with Crippen molar-refractivity contribution in [3.8, 4) is 11.5 Å². The van der Waals surface area contributed by atoms with E-state index in [4.69, 9.17) is 14.6 Å². The Balaban J connectivity index is 2.10. The number of aliphatic hydroxyl groups is 2. The third-order valence-electron chi connectivity index (χ3n) is 3.73. The van der Waals surface area contributed by atoms with Gasteiger partial charge in [-0.25, -0.2) is 0 Å². The second-order valence-electron chi connectivity index (χ2n) is 5.95. The van der Waals surface area contributed by atoms with Crippen LogP contribution in [0.25, 0.3) is 0 Å². The highest BCUT2D eigenvalue weighted by Crippen LogP contribution is 2.20. The van der Waals surface area contributed by atoms with Gasteiger partial charge in [0.1, 0.15) is 24.2 Å². The molecular formula is C19H32O4. The fourth-order valence-corrected chi connectivity index (χ4v) is 2.32. The van der Waals surface area contributed by atoms with Gasteiger partial charge in [-0.15, -0.1) is 0 Å². The van der Waals surface area contributed by atoms with Crippen LogP contribution in [0.15, 0.2) is 24.3 Å². The van der Waals surface area contributed by atoms with E-state index in [0.29, 0.717) is 5.75 Å². The van der Waals surface area contributed by atoms with Gasteiger partial charge in [0.25, 0.3) is 0 Å². The summed E-state index contributed by atoms with van der Waals surface area (Å²) in [5.74, 6) is 1.43. The number of rotatable bonds is 14. The first-order chi connectivity index (χ1) is 11.3. The summed E-state index contributed by atoms with van der Waals surface area (Å²) >= 11 is 0. The quantitative estimate of drug-likeness (QED) is 0.509. The molecule has 0 heterocycles. The molecule has 0 aliphatic rings. The second kappa shape index (κ2) is 13.2. The van der Waals surface area contributed by atoms with Gasteiger partial charge in [0, 0.05) is 6.07 Å². The first-order valence-corrected chi connectivity index (χ1v) is 8.90. The molecule has 0 unspecified atom stereocenters. The van der Waals surface area contributed by atoms with Crippen molar-refractivity contribution < 1.29 is 19.7 Å². The third kappa shape index (κ3) is 10.2. The maximum atomic E-state index is 9.27. The Morgan fingerprint density at radius 3 is 2.17 bits per heavy atom. The summed E-state index contributed by atoms with van der Waals surface area (Å²) in [6.45, 7) is 2.75. The first kappa shape index (κ1) is 19.8. The lowest BCUT2D eigenvalue weighted by molar-refractivity contribution is 0.0535. The van der Waals surface area contributed by atoms with Crippen molar-refractivity contribution in [2.24, 2.45) is 0 Å². The van der Waals surface area contributed by atoms with Gasteiger partial charge in [-0.3, -0.25) is 0 Å². The molecule has 1 aromatic rings. The van der Waals surface area contributed by atoms with Crippen LogP contribution >= 0.6 is 0 Å². The zero-order valence-corrected chi connectivity index (χ0v) is 14.4.